The van der Waals surface area contributed by atoms with Gasteiger partial charge < -0.3 is 9.80 Å². The third-order valence-electron chi connectivity index (χ3n) is 4.39. The lowest BCUT2D eigenvalue weighted by molar-refractivity contribution is -0.924. The van der Waals surface area contributed by atoms with Crippen LogP contribution >= 0.6 is 11.3 Å². The van der Waals surface area contributed by atoms with Crippen LogP contribution in [0.15, 0.2) is 46.6 Å². The fraction of sp³-hybridized carbons (Fsp3) is 0.312. The summed E-state index contributed by atoms with van der Waals surface area (Å²) in [5, 5.41) is 10.6. The number of tetrazole rings is 1. The van der Waals surface area contributed by atoms with Gasteiger partial charge in [-0.05, 0) is 52.2 Å². The minimum atomic E-state index is -0.221. The molecule has 3 heterocycles. The number of nitrogens with one attached hydrogen (secondary N) is 1. The molecule has 0 spiro atoms. The van der Waals surface area contributed by atoms with Gasteiger partial charge in [0, 0.05) is 5.69 Å². The second-order valence-electron chi connectivity index (χ2n) is 6.00. The van der Waals surface area contributed by atoms with E-state index < -0.39 is 0 Å². The molecule has 9 heteroatoms. The largest absolute Gasteiger partial charge is 0.374 e. The Morgan fingerprint density at radius 2 is 1.88 bits per heavy atom. The SMILES string of the molecule is O=c1n(C[NH+]2CCN(c3ccc(F)cc3)CC2)nnn1-c1cccs1. The Morgan fingerprint density at radius 3 is 2.56 bits per heavy atom. The van der Waals surface area contributed by atoms with Gasteiger partial charge in [0.15, 0.2) is 6.67 Å². The van der Waals surface area contributed by atoms with Crippen LogP contribution in [-0.4, -0.2) is 46.0 Å². The van der Waals surface area contributed by atoms with Crippen LogP contribution in [0.5, 0.6) is 0 Å². The van der Waals surface area contributed by atoms with Crippen molar-refractivity contribution in [3.8, 4) is 5.00 Å². The Bertz CT molecular complexity index is 880. The summed E-state index contributed by atoms with van der Waals surface area (Å²) in [5.41, 5.74) is 0.817. The van der Waals surface area contributed by atoms with Crippen LogP contribution in [-0.2, 0) is 6.67 Å². The highest BCUT2D eigenvalue weighted by Gasteiger charge is 2.22. The van der Waals surface area contributed by atoms with E-state index >= 15 is 0 Å². The van der Waals surface area contributed by atoms with Crippen LogP contribution in [0.1, 0.15) is 0 Å². The van der Waals surface area contributed by atoms with Crippen LogP contribution in [0.3, 0.4) is 0 Å². The number of rotatable bonds is 4. The molecule has 0 radical (unpaired) electrons. The first-order chi connectivity index (χ1) is 12.2. The standard InChI is InChI=1S/C16H17FN6OS/c17-13-3-5-14(6-4-13)21-9-7-20(8-10-21)12-22-16(24)23(19-18-22)15-2-1-11-25-15/h1-6,11H,7-10,12H2/p+1. The van der Waals surface area contributed by atoms with Gasteiger partial charge in [-0.15, -0.1) is 20.7 Å². The van der Waals surface area contributed by atoms with Gasteiger partial charge in [-0.3, -0.25) is 0 Å². The van der Waals surface area contributed by atoms with E-state index in [0.29, 0.717) is 6.67 Å². The average molecular weight is 361 g/mol. The molecule has 25 heavy (non-hydrogen) atoms. The Morgan fingerprint density at radius 1 is 1.12 bits per heavy atom. The smallest absolute Gasteiger partial charge is 0.360 e. The Balaban J connectivity index is 1.39. The van der Waals surface area contributed by atoms with Crippen molar-refractivity contribution in [3.05, 3.63) is 58.1 Å². The van der Waals surface area contributed by atoms with Gasteiger partial charge in [-0.1, -0.05) is 0 Å². The predicted octanol–water partition coefficient (Wildman–Crippen LogP) is -0.00780. The normalized spacial score (nSPS) is 15.6. The third-order valence-corrected chi connectivity index (χ3v) is 5.23. The second-order valence-corrected chi connectivity index (χ2v) is 6.92. The van der Waals surface area contributed by atoms with E-state index in [2.05, 4.69) is 15.3 Å². The number of anilines is 1. The maximum Gasteiger partial charge on any atom is 0.374 e. The van der Waals surface area contributed by atoms with Crippen molar-refractivity contribution in [1.29, 1.82) is 0 Å². The summed E-state index contributed by atoms with van der Waals surface area (Å²) in [5.74, 6) is -0.221. The van der Waals surface area contributed by atoms with E-state index in [9.17, 15) is 9.18 Å². The molecule has 0 aliphatic carbocycles. The molecule has 1 fully saturated rings. The average Bonchev–Trinajstić information content (AvgIpc) is 3.27. The summed E-state index contributed by atoms with van der Waals surface area (Å²) < 4.78 is 15.8. The van der Waals surface area contributed by atoms with E-state index in [1.165, 1.54) is 37.7 Å². The van der Waals surface area contributed by atoms with Gasteiger partial charge >= 0.3 is 5.69 Å². The van der Waals surface area contributed by atoms with Gasteiger partial charge in [0.2, 0.25) is 0 Å². The van der Waals surface area contributed by atoms with Crippen molar-refractivity contribution >= 4 is 17.0 Å². The first-order valence-electron chi connectivity index (χ1n) is 8.11. The molecule has 0 amide bonds. The summed E-state index contributed by atoms with van der Waals surface area (Å²) in [6, 6.07) is 10.3. The highest BCUT2D eigenvalue weighted by Crippen LogP contribution is 2.14. The number of hydrogen-bond donors (Lipinski definition) is 1. The fourth-order valence-corrected chi connectivity index (χ4v) is 3.67. The van der Waals surface area contributed by atoms with Gasteiger partial charge in [-0.2, -0.15) is 0 Å². The zero-order valence-electron chi connectivity index (χ0n) is 13.5. The molecule has 0 atom stereocenters. The van der Waals surface area contributed by atoms with Crippen LogP contribution in [0.2, 0.25) is 0 Å². The molecule has 1 N–H and O–H groups in total. The van der Waals surface area contributed by atoms with E-state index in [-0.39, 0.29) is 11.5 Å². The van der Waals surface area contributed by atoms with Crippen molar-refractivity contribution < 1.29 is 9.29 Å². The predicted molar refractivity (Wildman–Crippen MR) is 92.8 cm³/mol. The molecular weight excluding hydrogens is 343 g/mol. The summed E-state index contributed by atoms with van der Waals surface area (Å²) in [6.45, 7) is 3.98. The van der Waals surface area contributed by atoms with Crippen molar-refractivity contribution in [3.63, 3.8) is 0 Å². The number of nitrogens with zero attached hydrogens (tertiary/aromatic N) is 5. The number of hydrogen-bond acceptors (Lipinski definition) is 5. The Labute approximate surface area is 147 Å². The second kappa shape index (κ2) is 6.77. The van der Waals surface area contributed by atoms with E-state index in [1.807, 2.05) is 17.5 Å². The molecule has 1 saturated heterocycles. The molecule has 0 bridgehead atoms. The van der Waals surface area contributed by atoms with Crippen LogP contribution in [0.25, 0.3) is 5.00 Å². The van der Waals surface area contributed by atoms with Gasteiger partial charge in [0.05, 0.1) is 26.2 Å². The van der Waals surface area contributed by atoms with Crippen molar-refractivity contribution in [2.24, 2.45) is 0 Å². The lowest BCUT2D eigenvalue weighted by atomic mass is 10.2. The molecule has 1 aliphatic heterocycles. The number of aromatic nitrogens is 4. The first kappa shape index (κ1) is 16.0. The topological polar surface area (TPSA) is 60.4 Å². The summed E-state index contributed by atoms with van der Waals surface area (Å²) >= 11 is 1.46. The number of thiophene rings is 1. The molecule has 4 rings (SSSR count). The molecule has 3 aromatic rings. The molecule has 1 aliphatic rings. The zero-order valence-corrected chi connectivity index (χ0v) is 14.3. The monoisotopic (exact) mass is 361 g/mol. The van der Waals surface area contributed by atoms with Crippen LogP contribution in [0, 0.1) is 5.82 Å². The Kier molecular flexibility index (Phi) is 4.33. The van der Waals surface area contributed by atoms with Crippen molar-refractivity contribution in [2.45, 2.75) is 6.67 Å². The molecule has 7 nitrogen and oxygen atoms in total. The van der Waals surface area contributed by atoms with Crippen LogP contribution in [0.4, 0.5) is 10.1 Å². The summed E-state index contributed by atoms with van der Waals surface area (Å²) in [7, 11) is 0. The number of piperazine rings is 1. The third kappa shape index (κ3) is 3.33. The number of halogens is 1. The zero-order chi connectivity index (χ0) is 17.2. The van der Waals surface area contributed by atoms with Gasteiger partial charge in [0.1, 0.15) is 10.8 Å². The van der Waals surface area contributed by atoms with Crippen molar-refractivity contribution in [2.75, 3.05) is 31.1 Å². The van der Waals surface area contributed by atoms with Crippen LogP contribution < -0.4 is 15.5 Å². The fourth-order valence-electron chi connectivity index (χ4n) is 3.01. The number of quaternary nitrogens is 1. The lowest BCUT2D eigenvalue weighted by Crippen LogP contribution is -3.14. The van der Waals surface area contributed by atoms with Gasteiger partial charge in [-0.25, -0.2) is 9.18 Å². The highest BCUT2D eigenvalue weighted by atomic mass is 32.1. The molecule has 1 aromatic carbocycles. The molecule has 130 valence electrons. The quantitative estimate of drug-likeness (QED) is 0.710. The van der Waals surface area contributed by atoms with Crippen molar-refractivity contribution in [1.82, 2.24) is 19.8 Å². The Hall–Kier alpha value is -2.52. The van der Waals surface area contributed by atoms with E-state index in [4.69, 9.17) is 0 Å². The first-order valence-corrected chi connectivity index (χ1v) is 8.99. The maximum atomic E-state index is 13.0. The summed E-state index contributed by atoms with van der Waals surface area (Å²) in [4.78, 5) is 15.9. The van der Waals surface area contributed by atoms with E-state index in [0.717, 1.165) is 36.9 Å². The minimum Gasteiger partial charge on any atom is -0.360 e. The molecule has 0 saturated carbocycles. The summed E-state index contributed by atoms with van der Waals surface area (Å²) in [6.07, 6.45) is 0. The minimum absolute atomic E-state index is 0.212. The molecular formula is C16H18FN6OS+. The van der Waals surface area contributed by atoms with Gasteiger partial charge in [0.25, 0.3) is 0 Å². The molecule has 0 unspecified atom stereocenters. The lowest BCUT2D eigenvalue weighted by Gasteiger charge is -2.33. The number of benzene rings is 1. The highest BCUT2D eigenvalue weighted by molar-refractivity contribution is 7.12. The van der Waals surface area contributed by atoms with E-state index in [1.54, 1.807) is 12.1 Å². The maximum absolute atomic E-state index is 13.0. The molecule has 2 aromatic heterocycles.